The van der Waals surface area contributed by atoms with Crippen molar-refractivity contribution < 1.29 is 9.53 Å². The Kier molecular flexibility index (Phi) is 5.66. The van der Waals surface area contributed by atoms with Crippen LogP contribution in [0.1, 0.15) is 25.5 Å². The Balaban J connectivity index is 1.80. The van der Waals surface area contributed by atoms with Crippen LogP contribution in [0.15, 0.2) is 48.5 Å². The van der Waals surface area contributed by atoms with Crippen molar-refractivity contribution in [3.05, 3.63) is 54.2 Å². The fourth-order valence-electron chi connectivity index (χ4n) is 3.36. The third-order valence-electron chi connectivity index (χ3n) is 4.63. The summed E-state index contributed by atoms with van der Waals surface area (Å²) in [6, 6.07) is 16.0. The van der Waals surface area contributed by atoms with E-state index in [9.17, 15) is 4.79 Å². The molecule has 3 rings (SSSR count). The predicted octanol–water partition coefficient (Wildman–Crippen LogP) is 3.24. The number of piperidine rings is 1. The number of carbonyl (C=O) groups excluding carboxylic acids is 1. The van der Waals surface area contributed by atoms with Gasteiger partial charge in [-0.25, -0.2) is 4.79 Å². The average molecular weight is 339 g/mol. The SMILES string of the molecule is CCOC(=O)N1CCCC(N)C1Cc1cccc(-c2ccccc2)n1. The lowest BCUT2D eigenvalue weighted by atomic mass is 9.93. The highest BCUT2D eigenvalue weighted by Gasteiger charge is 2.33. The first-order valence-electron chi connectivity index (χ1n) is 8.89. The van der Waals surface area contributed by atoms with Crippen LogP contribution in [-0.2, 0) is 11.2 Å². The number of amides is 1. The first-order chi connectivity index (χ1) is 12.2. The molecule has 5 heteroatoms. The molecule has 2 atom stereocenters. The van der Waals surface area contributed by atoms with E-state index < -0.39 is 0 Å². The number of nitrogens with two attached hydrogens (primary N) is 1. The summed E-state index contributed by atoms with van der Waals surface area (Å²) in [7, 11) is 0. The van der Waals surface area contributed by atoms with E-state index in [2.05, 4.69) is 0 Å². The molecule has 0 bridgehead atoms. The van der Waals surface area contributed by atoms with Crippen LogP contribution in [-0.4, -0.2) is 41.2 Å². The van der Waals surface area contributed by atoms with Gasteiger partial charge in [-0.15, -0.1) is 0 Å². The minimum atomic E-state index is -0.276. The zero-order valence-electron chi connectivity index (χ0n) is 14.6. The highest BCUT2D eigenvalue weighted by atomic mass is 16.6. The number of likely N-dealkylation sites (tertiary alicyclic amines) is 1. The van der Waals surface area contributed by atoms with Gasteiger partial charge in [-0.1, -0.05) is 36.4 Å². The normalized spacial score (nSPS) is 20.3. The van der Waals surface area contributed by atoms with Crippen molar-refractivity contribution in [2.24, 2.45) is 5.73 Å². The fourth-order valence-corrected chi connectivity index (χ4v) is 3.36. The maximum absolute atomic E-state index is 12.3. The molecule has 1 saturated heterocycles. The minimum Gasteiger partial charge on any atom is -0.450 e. The van der Waals surface area contributed by atoms with Crippen LogP contribution in [0.4, 0.5) is 4.79 Å². The van der Waals surface area contributed by atoms with E-state index in [0.717, 1.165) is 29.8 Å². The van der Waals surface area contributed by atoms with Gasteiger partial charge in [0.2, 0.25) is 0 Å². The van der Waals surface area contributed by atoms with Gasteiger partial charge in [0.1, 0.15) is 0 Å². The standard InChI is InChI=1S/C20H25N3O2/c1-2-25-20(24)23-13-7-11-17(21)19(23)14-16-10-6-12-18(22-16)15-8-4-3-5-9-15/h3-6,8-10,12,17,19H,2,7,11,13-14,21H2,1H3. The van der Waals surface area contributed by atoms with Crippen molar-refractivity contribution in [3.63, 3.8) is 0 Å². The summed E-state index contributed by atoms with van der Waals surface area (Å²) in [6.07, 6.45) is 2.19. The van der Waals surface area contributed by atoms with Crippen LogP contribution in [0.3, 0.4) is 0 Å². The molecule has 0 aliphatic carbocycles. The molecule has 1 aliphatic rings. The number of nitrogens with zero attached hydrogens (tertiary/aromatic N) is 2. The van der Waals surface area contributed by atoms with Gasteiger partial charge in [-0.2, -0.15) is 0 Å². The zero-order chi connectivity index (χ0) is 17.6. The quantitative estimate of drug-likeness (QED) is 0.928. The van der Waals surface area contributed by atoms with E-state index in [0.29, 0.717) is 19.6 Å². The molecule has 132 valence electrons. The Hall–Kier alpha value is -2.40. The highest BCUT2D eigenvalue weighted by Crippen LogP contribution is 2.22. The highest BCUT2D eigenvalue weighted by molar-refractivity contribution is 5.68. The van der Waals surface area contributed by atoms with Crippen molar-refractivity contribution >= 4 is 6.09 Å². The predicted molar refractivity (Wildman–Crippen MR) is 98.1 cm³/mol. The molecule has 2 heterocycles. The minimum absolute atomic E-state index is 0.0552. The zero-order valence-corrected chi connectivity index (χ0v) is 14.6. The number of benzene rings is 1. The molecule has 1 amide bonds. The first-order valence-corrected chi connectivity index (χ1v) is 8.89. The molecule has 0 radical (unpaired) electrons. The van der Waals surface area contributed by atoms with Gasteiger partial charge >= 0.3 is 6.09 Å². The third kappa shape index (κ3) is 4.17. The average Bonchev–Trinajstić information content (AvgIpc) is 2.64. The number of aromatic nitrogens is 1. The van der Waals surface area contributed by atoms with E-state index in [-0.39, 0.29) is 18.2 Å². The lowest BCUT2D eigenvalue weighted by molar-refractivity contribution is 0.0699. The van der Waals surface area contributed by atoms with Crippen molar-refractivity contribution in [3.8, 4) is 11.3 Å². The van der Waals surface area contributed by atoms with Crippen molar-refractivity contribution in [2.45, 2.75) is 38.3 Å². The topological polar surface area (TPSA) is 68.5 Å². The van der Waals surface area contributed by atoms with Gasteiger partial charge in [0.15, 0.2) is 0 Å². The summed E-state index contributed by atoms with van der Waals surface area (Å²) in [5.74, 6) is 0. The summed E-state index contributed by atoms with van der Waals surface area (Å²) in [5.41, 5.74) is 9.28. The summed E-state index contributed by atoms with van der Waals surface area (Å²) in [6.45, 7) is 2.89. The van der Waals surface area contributed by atoms with E-state index in [4.69, 9.17) is 15.5 Å². The van der Waals surface area contributed by atoms with E-state index in [1.54, 1.807) is 4.90 Å². The molecular weight excluding hydrogens is 314 g/mol. The molecule has 2 unspecified atom stereocenters. The molecule has 0 saturated carbocycles. The van der Waals surface area contributed by atoms with E-state index in [1.807, 2.05) is 55.5 Å². The molecule has 1 aromatic heterocycles. The first kappa shape index (κ1) is 17.4. The largest absolute Gasteiger partial charge is 0.450 e. The van der Waals surface area contributed by atoms with Crippen LogP contribution in [0.25, 0.3) is 11.3 Å². The van der Waals surface area contributed by atoms with Crippen LogP contribution in [0, 0.1) is 0 Å². The summed E-state index contributed by atoms with van der Waals surface area (Å²) >= 11 is 0. The molecule has 25 heavy (non-hydrogen) atoms. The van der Waals surface area contributed by atoms with Crippen LogP contribution in [0.5, 0.6) is 0 Å². The maximum atomic E-state index is 12.3. The fraction of sp³-hybridized carbons (Fsp3) is 0.400. The van der Waals surface area contributed by atoms with Gasteiger partial charge in [-0.05, 0) is 31.9 Å². The molecule has 2 aromatic rings. The number of rotatable bonds is 4. The molecule has 0 spiro atoms. The summed E-state index contributed by atoms with van der Waals surface area (Å²) < 4.78 is 5.20. The molecule has 5 nitrogen and oxygen atoms in total. The van der Waals surface area contributed by atoms with Gasteiger partial charge in [0.05, 0.1) is 18.3 Å². The van der Waals surface area contributed by atoms with Crippen LogP contribution >= 0.6 is 0 Å². The molecule has 1 aliphatic heterocycles. The second-order valence-electron chi connectivity index (χ2n) is 6.35. The molecule has 1 aromatic carbocycles. The van der Waals surface area contributed by atoms with E-state index in [1.165, 1.54) is 0 Å². The second-order valence-corrected chi connectivity index (χ2v) is 6.35. The monoisotopic (exact) mass is 339 g/mol. The van der Waals surface area contributed by atoms with Crippen molar-refractivity contribution in [2.75, 3.05) is 13.2 Å². The Morgan fingerprint density at radius 2 is 2.04 bits per heavy atom. The Morgan fingerprint density at radius 3 is 2.80 bits per heavy atom. The van der Waals surface area contributed by atoms with Crippen LogP contribution < -0.4 is 5.73 Å². The Morgan fingerprint density at radius 1 is 1.24 bits per heavy atom. The molecule has 1 fully saturated rings. The third-order valence-corrected chi connectivity index (χ3v) is 4.63. The van der Waals surface area contributed by atoms with Crippen molar-refractivity contribution in [1.29, 1.82) is 0 Å². The summed E-state index contributed by atoms with van der Waals surface area (Å²) in [5, 5.41) is 0. The maximum Gasteiger partial charge on any atom is 0.410 e. The van der Waals surface area contributed by atoms with Crippen molar-refractivity contribution in [1.82, 2.24) is 9.88 Å². The van der Waals surface area contributed by atoms with Crippen LogP contribution in [0.2, 0.25) is 0 Å². The second kappa shape index (κ2) is 8.12. The number of ether oxygens (including phenoxy) is 1. The molecule has 2 N–H and O–H groups in total. The van der Waals surface area contributed by atoms with Gasteiger partial charge in [-0.3, -0.25) is 4.98 Å². The van der Waals surface area contributed by atoms with Gasteiger partial charge in [0.25, 0.3) is 0 Å². The molecular formula is C20H25N3O2. The lowest BCUT2D eigenvalue weighted by Gasteiger charge is -2.38. The summed E-state index contributed by atoms with van der Waals surface area (Å²) in [4.78, 5) is 18.8. The number of hydrogen-bond donors (Lipinski definition) is 1. The Labute approximate surface area is 148 Å². The number of hydrogen-bond acceptors (Lipinski definition) is 4. The number of carbonyl (C=O) groups is 1. The Bertz CT molecular complexity index is 705. The number of pyridine rings is 1. The van der Waals surface area contributed by atoms with Gasteiger partial charge < -0.3 is 15.4 Å². The smallest absolute Gasteiger partial charge is 0.410 e. The lowest BCUT2D eigenvalue weighted by Crippen LogP contribution is -2.55. The van der Waals surface area contributed by atoms with Gasteiger partial charge in [0, 0.05) is 30.3 Å². The van der Waals surface area contributed by atoms with E-state index >= 15 is 0 Å².